The molecule has 7 heteroatoms. The fourth-order valence-electron chi connectivity index (χ4n) is 4.34. The van der Waals surface area contributed by atoms with E-state index in [4.69, 9.17) is 0 Å². The summed E-state index contributed by atoms with van der Waals surface area (Å²) >= 11 is 0. The Labute approximate surface area is 203 Å². The zero-order valence-corrected chi connectivity index (χ0v) is 21.4. The molecule has 3 atom stereocenters. The summed E-state index contributed by atoms with van der Waals surface area (Å²) in [5.41, 5.74) is 1.86. The normalized spacial score (nSPS) is 20.1. The molecule has 0 saturated carbocycles. The summed E-state index contributed by atoms with van der Waals surface area (Å²) in [6.45, 7) is 12.6. The van der Waals surface area contributed by atoms with Gasteiger partial charge in [0.05, 0.1) is 12.1 Å². The summed E-state index contributed by atoms with van der Waals surface area (Å²) in [5, 5.41) is 13.3. The van der Waals surface area contributed by atoms with Crippen molar-refractivity contribution in [1.29, 1.82) is 0 Å². The minimum atomic E-state index is -0.910. The van der Waals surface area contributed by atoms with Crippen LogP contribution >= 0.6 is 0 Å². The number of aliphatic hydroxyl groups excluding tert-OH is 1. The molecule has 1 aromatic carbocycles. The first-order valence-electron chi connectivity index (χ1n) is 11.8. The van der Waals surface area contributed by atoms with Crippen LogP contribution < -0.4 is 10.2 Å². The zero-order chi connectivity index (χ0) is 25.3. The van der Waals surface area contributed by atoms with E-state index in [0.717, 1.165) is 5.56 Å². The lowest BCUT2D eigenvalue weighted by Gasteiger charge is -2.36. The number of nitrogens with zero attached hydrogens (tertiary/aromatic N) is 3. The lowest BCUT2D eigenvalue weighted by molar-refractivity contribution is -0.129. The highest BCUT2D eigenvalue weighted by Crippen LogP contribution is 2.33. The van der Waals surface area contributed by atoms with Crippen molar-refractivity contribution in [3.63, 3.8) is 0 Å². The Kier molecular flexibility index (Phi) is 7.48. The van der Waals surface area contributed by atoms with Gasteiger partial charge in [-0.2, -0.15) is 0 Å². The van der Waals surface area contributed by atoms with Crippen LogP contribution in [0.4, 0.5) is 5.69 Å². The first-order chi connectivity index (χ1) is 15.8. The van der Waals surface area contributed by atoms with E-state index in [1.54, 1.807) is 23.4 Å². The Morgan fingerprint density at radius 3 is 2.24 bits per heavy atom. The van der Waals surface area contributed by atoms with Crippen molar-refractivity contribution in [2.75, 3.05) is 18.5 Å². The number of rotatable bonds is 5. The van der Waals surface area contributed by atoms with Crippen LogP contribution in [0.15, 0.2) is 48.8 Å². The number of likely N-dealkylation sites (N-methyl/N-ethyl adjacent to an activating group) is 1. The molecule has 34 heavy (non-hydrogen) atoms. The number of amides is 2. The van der Waals surface area contributed by atoms with Crippen LogP contribution in [0.1, 0.15) is 65.1 Å². The summed E-state index contributed by atoms with van der Waals surface area (Å²) in [5.74, 6) is -0.504. The quantitative estimate of drug-likeness (QED) is 0.705. The monoisotopic (exact) mass is 466 g/mol. The van der Waals surface area contributed by atoms with E-state index in [-0.39, 0.29) is 17.2 Å². The molecule has 1 unspecified atom stereocenters. The number of carbonyl (C=O) groups is 2. The zero-order valence-electron chi connectivity index (χ0n) is 21.4. The molecule has 2 N–H and O–H groups in total. The molecular weight excluding hydrogens is 428 g/mol. The average Bonchev–Trinajstić information content (AvgIpc) is 3.08. The minimum Gasteiger partial charge on any atom is -0.392 e. The molecule has 184 valence electrons. The Hall–Kier alpha value is -2.77. The number of pyridine rings is 1. The second-order valence-electron chi connectivity index (χ2n) is 11.3. The number of benzene rings is 1. The van der Waals surface area contributed by atoms with E-state index in [9.17, 15) is 14.7 Å². The highest BCUT2D eigenvalue weighted by Gasteiger charge is 2.42. The third kappa shape index (κ3) is 6.02. The molecule has 1 aromatic heterocycles. The summed E-state index contributed by atoms with van der Waals surface area (Å²) in [4.78, 5) is 35.4. The van der Waals surface area contributed by atoms with Crippen molar-refractivity contribution in [2.24, 2.45) is 0 Å². The predicted octanol–water partition coefficient (Wildman–Crippen LogP) is 3.43. The molecule has 0 spiro atoms. The molecule has 0 bridgehead atoms. The standard InChI is InChI=1S/C27H38N4O3/c1-26(2,3)19-10-12-20(13-11-19)31(25(34)22-15-21(32)17-30(22)7)23(18-9-8-14-28-16-18)24(33)29-27(4,5)6/h8-14,16,21-23,32H,15,17H2,1-7H3,(H,29,33)/t21-,22+,23?/m0/s1. The van der Waals surface area contributed by atoms with Gasteiger partial charge >= 0.3 is 0 Å². The summed E-state index contributed by atoms with van der Waals surface area (Å²) < 4.78 is 0. The lowest BCUT2D eigenvalue weighted by Crippen LogP contribution is -2.53. The smallest absolute Gasteiger partial charge is 0.248 e. The van der Waals surface area contributed by atoms with Crippen LogP contribution in [0.5, 0.6) is 0 Å². The fraction of sp³-hybridized carbons (Fsp3) is 0.519. The molecule has 1 aliphatic rings. The van der Waals surface area contributed by atoms with Crippen molar-refractivity contribution < 1.29 is 14.7 Å². The largest absolute Gasteiger partial charge is 0.392 e. The molecule has 1 saturated heterocycles. The fourth-order valence-corrected chi connectivity index (χ4v) is 4.34. The number of nitrogens with one attached hydrogen (secondary N) is 1. The predicted molar refractivity (Wildman–Crippen MR) is 135 cm³/mol. The van der Waals surface area contributed by atoms with Gasteiger partial charge in [0.2, 0.25) is 11.8 Å². The summed E-state index contributed by atoms with van der Waals surface area (Å²) in [7, 11) is 1.83. The number of anilines is 1. The van der Waals surface area contributed by atoms with Gasteiger partial charge < -0.3 is 10.4 Å². The van der Waals surface area contributed by atoms with Gasteiger partial charge in [0.1, 0.15) is 6.04 Å². The van der Waals surface area contributed by atoms with E-state index in [1.807, 2.05) is 63.1 Å². The number of hydrogen-bond donors (Lipinski definition) is 2. The van der Waals surface area contributed by atoms with Crippen LogP contribution in [0, 0.1) is 0 Å². The van der Waals surface area contributed by atoms with E-state index in [2.05, 4.69) is 31.1 Å². The van der Waals surface area contributed by atoms with E-state index < -0.39 is 23.7 Å². The van der Waals surface area contributed by atoms with E-state index >= 15 is 0 Å². The third-order valence-corrected chi connectivity index (χ3v) is 6.07. The summed E-state index contributed by atoms with van der Waals surface area (Å²) in [6.07, 6.45) is 3.02. The molecule has 0 radical (unpaired) electrons. The molecular formula is C27H38N4O3. The topological polar surface area (TPSA) is 85.8 Å². The first-order valence-corrected chi connectivity index (χ1v) is 11.8. The SMILES string of the molecule is CN1C[C@@H](O)C[C@@H]1C(=O)N(c1ccc(C(C)(C)C)cc1)C(C(=O)NC(C)(C)C)c1cccnc1. The maximum absolute atomic E-state index is 14.0. The van der Waals surface area contributed by atoms with E-state index in [1.165, 1.54) is 0 Å². The van der Waals surface area contributed by atoms with Crippen LogP contribution in [-0.4, -0.2) is 58.1 Å². The third-order valence-electron chi connectivity index (χ3n) is 6.07. The first kappa shape index (κ1) is 25.8. The lowest BCUT2D eigenvalue weighted by atomic mass is 9.87. The van der Waals surface area contributed by atoms with Crippen LogP contribution in [0.3, 0.4) is 0 Å². The van der Waals surface area contributed by atoms with Crippen molar-refractivity contribution in [1.82, 2.24) is 15.2 Å². The molecule has 1 fully saturated rings. The number of carbonyl (C=O) groups excluding carboxylic acids is 2. The molecule has 1 aliphatic heterocycles. The molecule has 2 heterocycles. The van der Waals surface area contributed by atoms with Crippen molar-refractivity contribution in [3.05, 3.63) is 59.9 Å². The second kappa shape index (κ2) is 9.84. The van der Waals surface area contributed by atoms with Gasteiger partial charge in [0.15, 0.2) is 0 Å². The molecule has 0 aliphatic carbocycles. The highest BCUT2D eigenvalue weighted by atomic mass is 16.3. The maximum atomic E-state index is 14.0. The van der Waals surface area contributed by atoms with Crippen LogP contribution in [0.2, 0.25) is 0 Å². The summed E-state index contributed by atoms with van der Waals surface area (Å²) in [6, 6.07) is 9.96. The van der Waals surface area contributed by atoms with Gasteiger partial charge in [0.25, 0.3) is 0 Å². The minimum absolute atomic E-state index is 0.0461. The Balaban J connectivity index is 2.14. The van der Waals surface area contributed by atoms with Gasteiger partial charge in [-0.15, -0.1) is 0 Å². The maximum Gasteiger partial charge on any atom is 0.248 e. The number of hydrogen-bond acceptors (Lipinski definition) is 5. The Bertz CT molecular complexity index is 993. The van der Waals surface area contributed by atoms with Crippen molar-refractivity contribution >= 4 is 17.5 Å². The molecule has 2 amide bonds. The number of likely N-dealkylation sites (tertiary alicyclic amines) is 1. The number of aliphatic hydroxyl groups is 1. The van der Waals surface area contributed by atoms with Gasteiger partial charge in [-0.1, -0.05) is 39.0 Å². The van der Waals surface area contributed by atoms with E-state index in [0.29, 0.717) is 24.2 Å². The van der Waals surface area contributed by atoms with Gasteiger partial charge in [-0.05, 0) is 63.4 Å². The molecule has 3 rings (SSSR count). The number of β-amino-alcohol motifs (C(OH)–C–C–N with tert-alkyl or cyclic N) is 1. The average molecular weight is 467 g/mol. The van der Waals surface area contributed by atoms with Gasteiger partial charge in [-0.3, -0.25) is 24.4 Å². The number of aromatic nitrogens is 1. The second-order valence-corrected chi connectivity index (χ2v) is 11.3. The van der Waals surface area contributed by atoms with Crippen molar-refractivity contribution in [2.45, 2.75) is 77.1 Å². The molecule has 7 nitrogen and oxygen atoms in total. The van der Waals surface area contributed by atoms with Crippen LogP contribution in [0.25, 0.3) is 0 Å². The van der Waals surface area contributed by atoms with Crippen molar-refractivity contribution in [3.8, 4) is 0 Å². The van der Waals surface area contributed by atoms with Gasteiger partial charge in [-0.25, -0.2) is 0 Å². The van der Waals surface area contributed by atoms with Gasteiger partial charge in [0, 0.05) is 35.7 Å². The van der Waals surface area contributed by atoms with Crippen LogP contribution in [-0.2, 0) is 15.0 Å². The Morgan fingerprint density at radius 1 is 1.12 bits per heavy atom. The molecule has 2 aromatic rings. The highest BCUT2D eigenvalue weighted by molar-refractivity contribution is 6.04. The Morgan fingerprint density at radius 2 is 1.76 bits per heavy atom.